The summed E-state index contributed by atoms with van der Waals surface area (Å²) >= 11 is 6.14. The van der Waals surface area contributed by atoms with Gasteiger partial charge in [-0.1, -0.05) is 43.0 Å². The molecule has 5 rings (SSSR count). The van der Waals surface area contributed by atoms with E-state index in [4.69, 9.17) is 21.1 Å². The maximum Gasteiger partial charge on any atom is 0.279 e. The molecule has 1 aliphatic carbocycles. The fourth-order valence-electron chi connectivity index (χ4n) is 4.54. The second kappa shape index (κ2) is 10.3. The largest absolute Gasteiger partial charge is 0.454 e. The van der Waals surface area contributed by atoms with Crippen LogP contribution in [0, 0.1) is 0 Å². The molecule has 1 N–H and O–H groups in total. The van der Waals surface area contributed by atoms with E-state index in [1.54, 1.807) is 42.5 Å². The van der Waals surface area contributed by atoms with E-state index >= 15 is 0 Å². The third-order valence-electron chi connectivity index (χ3n) is 6.28. The first kappa shape index (κ1) is 23.1. The number of nitrogens with one attached hydrogen (secondary N) is 1. The van der Waals surface area contributed by atoms with E-state index in [1.165, 1.54) is 29.9 Å². The minimum atomic E-state index is -0.968. The van der Waals surface area contributed by atoms with Gasteiger partial charge in [0.15, 0.2) is 11.5 Å². The van der Waals surface area contributed by atoms with E-state index in [0.29, 0.717) is 27.8 Å². The van der Waals surface area contributed by atoms with Gasteiger partial charge >= 0.3 is 0 Å². The maximum absolute atomic E-state index is 13.9. The second-order valence-corrected chi connectivity index (χ2v) is 9.04. The molecule has 0 saturated heterocycles. The molecule has 1 aliphatic heterocycles. The van der Waals surface area contributed by atoms with Crippen LogP contribution in [0.1, 0.15) is 54.2 Å². The predicted molar refractivity (Wildman–Crippen MR) is 131 cm³/mol. The van der Waals surface area contributed by atoms with E-state index < -0.39 is 11.9 Å². The van der Waals surface area contributed by atoms with Crippen LogP contribution in [0.3, 0.4) is 0 Å². The van der Waals surface area contributed by atoms with Crippen molar-refractivity contribution in [1.29, 1.82) is 0 Å². The smallest absolute Gasteiger partial charge is 0.279 e. The van der Waals surface area contributed by atoms with Crippen molar-refractivity contribution in [2.24, 2.45) is 0 Å². The SMILES string of the molecule is O=C(NC1CCCCC1)[C@H](c1ccc(Cl)cc1)N(C(=O)c1cnccn1)c1ccc2c(c1)OCO2. The molecule has 180 valence electrons. The van der Waals surface area contributed by atoms with Crippen LogP contribution in [0.25, 0.3) is 0 Å². The summed E-state index contributed by atoms with van der Waals surface area (Å²) in [7, 11) is 0. The standard InChI is InChI=1S/C26H25ClN4O4/c27-18-8-6-17(7-9-18)24(25(32)30-19-4-2-1-3-5-19)31(26(33)21-15-28-12-13-29-21)20-10-11-22-23(14-20)35-16-34-22/h6-15,19,24H,1-5,16H2,(H,30,32)/t24-/m0/s1. The molecule has 2 heterocycles. The lowest BCUT2D eigenvalue weighted by molar-refractivity contribution is -0.123. The van der Waals surface area contributed by atoms with Gasteiger partial charge in [-0.3, -0.25) is 19.5 Å². The van der Waals surface area contributed by atoms with Crippen LogP contribution in [-0.4, -0.2) is 34.6 Å². The zero-order valence-electron chi connectivity index (χ0n) is 19.0. The Labute approximate surface area is 208 Å². The molecule has 9 heteroatoms. The summed E-state index contributed by atoms with van der Waals surface area (Å²) in [4.78, 5) is 37.4. The number of halogens is 1. The van der Waals surface area contributed by atoms with Gasteiger partial charge in [-0.05, 0) is 42.7 Å². The molecule has 8 nitrogen and oxygen atoms in total. The number of carbonyl (C=O) groups is 2. The number of ether oxygens (including phenoxy) is 2. The Kier molecular flexibility index (Phi) is 6.81. The number of benzene rings is 2. The van der Waals surface area contributed by atoms with E-state index in [2.05, 4.69) is 15.3 Å². The van der Waals surface area contributed by atoms with Crippen molar-refractivity contribution in [2.45, 2.75) is 44.2 Å². The highest BCUT2D eigenvalue weighted by Crippen LogP contribution is 2.39. The summed E-state index contributed by atoms with van der Waals surface area (Å²) in [6, 6.07) is 11.2. The molecule has 2 amide bonds. The minimum absolute atomic E-state index is 0.0660. The summed E-state index contributed by atoms with van der Waals surface area (Å²) in [5.41, 5.74) is 1.22. The third-order valence-corrected chi connectivity index (χ3v) is 6.53. The van der Waals surface area contributed by atoms with Gasteiger partial charge in [-0.2, -0.15) is 0 Å². The topological polar surface area (TPSA) is 93.7 Å². The number of amides is 2. The van der Waals surface area contributed by atoms with Crippen molar-refractivity contribution in [3.63, 3.8) is 0 Å². The summed E-state index contributed by atoms with van der Waals surface area (Å²) in [5, 5.41) is 3.72. The predicted octanol–water partition coefficient (Wildman–Crippen LogP) is 4.70. The lowest BCUT2D eigenvalue weighted by Gasteiger charge is -2.33. The highest BCUT2D eigenvalue weighted by molar-refractivity contribution is 6.30. The molecule has 3 aromatic rings. The average molecular weight is 493 g/mol. The number of carbonyl (C=O) groups excluding carboxylic acids is 2. The van der Waals surface area contributed by atoms with Gasteiger partial charge in [0.05, 0.1) is 6.20 Å². The number of anilines is 1. The molecule has 2 aliphatic rings. The molecule has 1 atom stereocenters. The molecule has 0 spiro atoms. The summed E-state index contributed by atoms with van der Waals surface area (Å²) in [5.74, 6) is 0.349. The average Bonchev–Trinajstić information content (AvgIpc) is 3.37. The first-order chi connectivity index (χ1) is 17.1. The summed E-state index contributed by atoms with van der Waals surface area (Å²) in [6.07, 6.45) is 9.48. The van der Waals surface area contributed by atoms with Crippen LogP contribution < -0.4 is 19.7 Å². The molecule has 1 saturated carbocycles. The van der Waals surface area contributed by atoms with Crippen molar-refractivity contribution in [3.8, 4) is 11.5 Å². The summed E-state index contributed by atoms with van der Waals surface area (Å²) < 4.78 is 11.0. The number of hydrogen-bond donors (Lipinski definition) is 1. The molecule has 2 aromatic carbocycles. The van der Waals surface area contributed by atoms with Gasteiger partial charge in [0.2, 0.25) is 12.7 Å². The molecular formula is C26H25ClN4O4. The lowest BCUT2D eigenvalue weighted by Crippen LogP contribution is -2.47. The second-order valence-electron chi connectivity index (χ2n) is 8.60. The monoisotopic (exact) mass is 492 g/mol. The fraction of sp³-hybridized carbons (Fsp3) is 0.308. The number of hydrogen-bond acceptors (Lipinski definition) is 6. The van der Waals surface area contributed by atoms with Crippen molar-refractivity contribution in [1.82, 2.24) is 15.3 Å². The zero-order valence-corrected chi connectivity index (χ0v) is 19.8. The molecule has 1 aromatic heterocycles. The van der Waals surface area contributed by atoms with E-state index in [9.17, 15) is 9.59 Å². The fourth-order valence-corrected chi connectivity index (χ4v) is 4.67. The normalized spacial score (nSPS) is 15.9. The van der Waals surface area contributed by atoms with Gasteiger partial charge < -0.3 is 14.8 Å². The summed E-state index contributed by atoms with van der Waals surface area (Å²) in [6.45, 7) is 0.0969. The number of aromatic nitrogens is 2. The van der Waals surface area contributed by atoms with Gasteiger partial charge in [-0.25, -0.2) is 4.98 Å². The number of nitrogens with zero attached hydrogens (tertiary/aromatic N) is 3. The molecule has 35 heavy (non-hydrogen) atoms. The highest BCUT2D eigenvalue weighted by Gasteiger charge is 2.36. The van der Waals surface area contributed by atoms with E-state index in [-0.39, 0.29) is 24.4 Å². The Hall–Kier alpha value is -3.65. The van der Waals surface area contributed by atoms with Gasteiger partial charge in [0, 0.05) is 35.2 Å². The van der Waals surface area contributed by atoms with E-state index in [1.807, 2.05) is 0 Å². The Morgan fingerprint density at radius 3 is 2.51 bits per heavy atom. The highest BCUT2D eigenvalue weighted by atomic mass is 35.5. The van der Waals surface area contributed by atoms with Crippen LogP contribution in [0.4, 0.5) is 5.69 Å². The lowest BCUT2D eigenvalue weighted by atomic mass is 9.94. The molecule has 0 radical (unpaired) electrons. The number of rotatable bonds is 6. The van der Waals surface area contributed by atoms with Crippen molar-refractivity contribution in [2.75, 3.05) is 11.7 Å². The first-order valence-electron chi connectivity index (χ1n) is 11.7. The maximum atomic E-state index is 13.9. The number of fused-ring (bicyclic) bond motifs is 1. The molecular weight excluding hydrogens is 468 g/mol. The van der Waals surface area contributed by atoms with Crippen LogP contribution in [0.5, 0.6) is 11.5 Å². The first-order valence-corrected chi connectivity index (χ1v) is 12.0. The van der Waals surface area contributed by atoms with Crippen LogP contribution in [0.15, 0.2) is 61.1 Å². The zero-order chi connectivity index (χ0) is 24.2. The van der Waals surface area contributed by atoms with E-state index in [0.717, 1.165) is 25.7 Å². The Balaban J connectivity index is 1.60. The van der Waals surface area contributed by atoms with Gasteiger partial charge in [0.25, 0.3) is 5.91 Å². The van der Waals surface area contributed by atoms with Gasteiger partial charge in [-0.15, -0.1) is 0 Å². The van der Waals surface area contributed by atoms with Crippen molar-refractivity contribution in [3.05, 3.63) is 77.3 Å². The Morgan fingerprint density at radius 2 is 1.77 bits per heavy atom. The van der Waals surface area contributed by atoms with Crippen LogP contribution in [-0.2, 0) is 4.79 Å². The quantitative estimate of drug-likeness (QED) is 0.536. The molecule has 1 fully saturated rings. The van der Waals surface area contributed by atoms with Crippen molar-refractivity contribution >= 4 is 29.1 Å². The molecule has 0 unspecified atom stereocenters. The molecule has 0 bridgehead atoms. The Bertz CT molecular complexity index is 1200. The van der Waals surface area contributed by atoms with Crippen molar-refractivity contribution < 1.29 is 19.1 Å². The van der Waals surface area contributed by atoms with Crippen LogP contribution >= 0.6 is 11.6 Å². The third kappa shape index (κ3) is 5.07. The van der Waals surface area contributed by atoms with Gasteiger partial charge in [0.1, 0.15) is 11.7 Å². The Morgan fingerprint density at radius 1 is 1.00 bits per heavy atom. The van der Waals surface area contributed by atoms with Crippen LogP contribution in [0.2, 0.25) is 5.02 Å². The minimum Gasteiger partial charge on any atom is -0.454 e.